The SMILES string of the molecule is Cc1ccc(C)c(CC(=O)NC2(C)CCNCC2)c1. The number of benzene rings is 1. The van der Waals surface area contributed by atoms with Crippen molar-refractivity contribution in [1.29, 1.82) is 0 Å². The molecule has 0 radical (unpaired) electrons. The molecule has 0 atom stereocenters. The average molecular weight is 260 g/mol. The quantitative estimate of drug-likeness (QED) is 0.874. The summed E-state index contributed by atoms with van der Waals surface area (Å²) >= 11 is 0. The van der Waals surface area contributed by atoms with E-state index in [0.29, 0.717) is 6.42 Å². The van der Waals surface area contributed by atoms with Crippen molar-refractivity contribution in [1.82, 2.24) is 10.6 Å². The number of hydrogen-bond donors (Lipinski definition) is 2. The van der Waals surface area contributed by atoms with Gasteiger partial charge in [0.05, 0.1) is 6.42 Å². The van der Waals surface area contributed by atoms with E-state index < -0.39 is 0 Å². The highest BCUT2D eigenvalue weighted by molar-refractivity contribution is 5.79. The second-order valence-corrected chi connectivity index (χ2v) is 5.97. The van der Waals surface area contributed by atoms with E-state index >= 15 is 0 Å². The van der Waals surface area contributed by atoms with Gasteiger partial charge in [-0.05, 0) is 57.8 Å². The monoisotopic (exact) mass is 260 g/mol. The molecule has 3 heteroatoms. The summed E-state index contributed by atoms with van der Waals surface area (Å²) in [5, 5.41) is 6.54. The molecule has 3 nitrogen and oxygen atoms in total. The number of carbonyl (C=O) groups excluding carboxylic acids is 1. The minimum Gasteiger partial charge on any atom is -0.351 e. The molecule has 19 heavy (non-hydrogen) atoms. The molecule has 1 amide bonds. The van der Waals surface area contributed by atoms with E-state index in [-0.39, 0.29) is 11.4 Å². The molecule has 1 saturated heterocycles. The number of piperidine rings is 1. The van der Waals surface area contributed by atoms with Gasteiger partial charge in [0.2, 0.25) is 5.91 Å². The molecule has 1 heterocycles. The van der Waals surface area contributed by atoms with Crippen LogP contribution in [0.1, 0.15) is 36.5 Å². The highest BCUT2D eigenvalue weighted by Gasteiger charge is 2.28. The third-order valence-corrected chi connectivity index (χ3v) is 4.00. The summed E-state index contributed by atoms with van der Waals surface area (Å²) in [6.45, 7) is 8.25. The molecule has 104 valence electrons. The fourth-order valence-electron chi connectivity index (χ4n) is 2.65. The van der Waals surface area contributed by atoms with Crippen LogP contribution >= 0.6 is 0 Å². The van der Waals surface area contributed by atoms with Crippen molar-refractivity contribution in [2.75, 3.05) is 13.1 Å². The van der Waals surface area contributed by atoms with Crippen LogP contribution in [0.15, 0.2) is 18.2 Å². The zero-order valence-corrected chi connectivity index (χ0v) is 12.2. The summed E-state index contributed by atoms with van der Waals surface area (Å²) in [5.74, 6) is 0.137. The van der Waals surface area contributed by atoms with Gasteiger partial charge in [-0.2, -0.15) is 0 Å². The maximum atomic E-state index is 12.2. The van der Waals surface area contributed by atoms with Crippen molar-refractivity contribution in [3.63, 3.8) is 0 Å². The van der Waals surface area contributed by atoms with Crippen LogP contribution in [0.2, 0.25) is 0 Å². The van der Waals surface area contributed by atoms with Gasteiger partial charge in [0.15, 0.2) is 0 Å². The fourth-order valence-corrected chi connectivity index (χ4v) is 2.65. The van der Waals surface area contributed by atoms with E-state index in [2.05, 4.69) is 49.6 Å². The largest absolute Gasteiger partial charge is 0.351 e. The Morgan fingerprint density at radius 1 is 1.32 bits per heavy atom. The number of aryl methyl sites for hydroxylation is 2. The molecule has 0 bridgehead atoms. The van der Waals surface area contributed by atoms with Crippen molar-refractivity contribution in [3.8, 4) is 0 Å². The van der Waals surface area contributed by atoms with E-state index in [1.165, 1.54) is 11.1 Å². The Labute approximate surface area is 115 Å². The Hall–Kier alpha value is -1.35. The highest BCUT2D eigenvalue weighted by atomic mass is 16.1. The molecule has 0 saturated carbocycles. The summed E-state index contributed by atoms with van der Waals surface area (Å²) in [6, 6.07) is 6.29. The Morgan fingerprint density at radius 3 is 2.68 bits per heavy atom. The predicted octanol–water partition coefficient (Wildman–Crippen LogP) is 2.10. The molecular formula is C16H24N2O. The third-order valence-electron chi connectivity index (χ3n) is 4.00. The molecule has 2 rings (SSSR count). The first kappa shape index (κ1) is 14.1. The van der Waals surface area contributed by atoms with Crippen molar-refractivity contribution >= 4 is 5.91 Å². The standard InChI is InChI=1S/C16H24N2O/c1-12-4-5-13(2)14(10-12)11-15(19)18-16(3)6-8-17-9-7-16/h4-5,10,17H,6-9,11H2,1-3H3,(H,18,19). The van der Waals surface area contributed by atoms with Crippen molar-refractivity contribution in [2.24, 2.45) is 0 Å². The first-order chi connectivity index (χ1) is 8.98. The summed E-state index contributed by atoms with van der Waals surface area (Å²) in [7, 11) is 0. The second-order valence-electron chi connectivity index (χ2n) is 5.97. The topological polar surface area (TPSA) is 41.1 Å². The van der Waals surface area contributed by atoms with Gasteiger partial charge in [-0.3, -0.25) is 4.79 Å². The van der Waals surface area contributed by atoms with E-state index in [4.69, 9.17) is 0 Å². The first-order valence-corrected chi connectivity index (χ1v) is 7.06. The molecule has 0 aromatic heterocycles. The molecular weight excluding hydrogens is 236 g/mol. The molecule has 0 unspecified atom stereocenters. The van der Waals surface area contributed by atoms with Crippen LogP contribution in [0.5, 0.6) is 0 Å². The lowest BCUT2D eigenvalue weighted by Crippen LogP contribution is -2.52. The van der Waals surface area contributed by atoms with Gasteiger partial charge in [-0.15, -0.1) is 0 Å². The van der Waals surface area contributed by atoms with Gasteiger partial charge in [0.25, 0.3) is 0 Å². The lowest BCUT2D eigenvalue weighted by molar-refractivity contribution is -0.122. The molecule has 1 aromatic rings. The van der Waals surface area contributed by atoms with Crippen LogP contribution < -0.4 is 10.6 Å². The Morgan fingerprint density at radius 2 is 2.00 bits per heavy atom. The number of nitrogens with one attached hydrogen (secondary N) is 2. The van der Waals surface area contributed by atoms with Crippen molar-refractivity contribution in [2.45, 2.75) is 45.6 Å². The maximum Gasteiger partial charge on any atom is 0.224 e. The van der Waals surface area contributed by atoms with E-state index in [9.17, 15) is 4.79 Å². The molecule has 0 aliphatic carbocycles. The zero-order chi connectivity index (χ0) is 13.9. The third kappa shape index (κ3) is 3.80. The molecule has 1 aliphatic rings. The average Bonchev–Trinajstić information content (AvgIpc) is 2.34. The molecule has 0 spiro atoms. The van der Waals surface area contributed by atoms with E-state index in [1.807, 2.05) is 0 Å². The number of hydrogen-bond acceptors (Lipinski definition) is 2. The van der Waals surface area contributed by atoms with Gasteiger partial charge in [0.1, 0.15) is 0 Å². The van der Waals surface area contributed by atoms with Crippen LogP contribution in [0.4, 0.5) is 0 Å². The minimum atomic E-state index is -0.0416. The molecule has 1 fully saturated rings. The lowest BCUT2D eigenvalue weighted by atomic mass is 9.90. The Balaban J connectivity index is 1.99. The van der Waals surface area contributed by atoms with Gasteiger partial charge in [-0.1, -0.05) is 23.8 Å². The van der Waals surface area contributed by atoms with Crippen molar-refractivity contribution < 1.29 is 4.79 Å². The van der Waals surface area contributed by atoms with Crippen LogP contribution in [0.25, 0.3) is 0 Å². The van der Waals surface area contributed by atoms with Gasteiger partial charge in [-0.25, -0.2) is 0 Å². The zero-order valence-electron chi connectivity index (χ0n) is 12.2. The number of amides is 1. The smallest absolute Gasteiger partial charge is 0.224 e. The van der Waals surface area contributed by atoms with Crippen LogP contribution in [-0.4, -0.2) is 24.5 Å². The summed E-state index contributed by atoms with van der Waals surface area (Å²) in [6.07, 6.45) is 2.49. The summed E-state index contributed by atoms with van der Waals surface area (Å²) in [4.78, 5) is 12.2. The second kappa shape index (κ2) is 5.74. The van der Waals surface area contributed by atoms with Crippen LogP contribution in [0, 0.1) is 13.8 Å². The summed E-state index contributed by atoms with van der Waals surface area (Å²) < 4.78 is 0. The van der Waals surface area contributed by atoms with Gasteiger partial charge < -0.3 is 10.6 Å². The highest BCUT2D eigenvalue weighted by Crippen LogP contribution is 2.18. The first-order valence-electron chi connectivity index (χ1n) is 7.06. The Kier molecular flexibility index (Phi) is 4.25. The number of rotatable bonds is 3. The minimum absolute atomic E-state index is 0.0416. The van der Waals surface area contributed by atoms with Crippen molar-refractivity contribution in [3.05, 3.63) is 34.9 Å². The van der Waals surface area contributed by atoms with E-state index in [1.54, 1.807) is 0 Å². The molecule has 2 N–H and O–H groups in total. The maximum absolute atomic E-state index is 12.2. The van der Waals surface area contributed by atoms with Gasteiger partial charge in [0, 0.05) is 5.54 Å². The molecule has 1 aliphatic heterocycles. The van der Waals surface area contributed by atoms with Gasteiger partial charge >= 0.3 is 0 Å². The predicted molar refractivity (Wildman–Crippen MR) is 78.3 cm³/mol. The van der Waals surface area contributed by atoms with E-state index in [0.717, 1.165) is 31.5 Å². The lowest BCUT2D eigenvalue weighted by Gasteiger charge is -2.35. The van der Waals surface area contributed by atoms with Crippen LogP contribution in [0.3, 0.4) is 0 Å². The fraction of sp³-hybridized carbons (Fsp3) is 0.562. The van der Waals surface area contributed by atoms with Crippen LogP contribution in [-0.2, 0) is 11.2 Å². The summed E-state index contributed by atoms with van der Waals surface area (Å²) in [5.41, 5.74) is 3.49. The molecule has 1 aromatic carbocycles. The number of carbonyl (C=O) groups is 1. The normalized spacial score (nSPS) is 18.1. The Bertz CT molecular complexity index is 462.